The monoisotopic (exact) mass is 352 g/mol. The molecular weight excluding hydrogens is 332 g/mol. The number of aryl methyl sites for hydroxylation is 1. The van der Waals surface area contributed by atoms with E-state index in [0.717, 1.165) is 11.1 Å². The van der Waals surface area contributed by atoms with Gasteiger partial charge in [-0.25, -0.2) is 4.99 Å². The SMILES string of the molecule is COc1ccc(/C=C2/N=C(c3ccc(C)cc3)NC2=O)c(OC)c1OC. The molecule has 1 amide bonds. The third kappa shape index (κ3) is 3.26. The van der Waals surface area contributed by atoms with Gasteiger partial charge in [0.25, 0.3) is 5.91 Å². The molecule has 0 atom stereocenters. The van der Waals surface area contributed by atoms with Crippen LogP contribution in [0.4, 0.5) is 0 Å². The molecule has 1 aliphatic rings. The maximum Gasteiger partial charge on any atom is 0.275 e. The van der Waals surface area contributed by atoms with Crippen LogP contribution < -0.4 is 19.5 Å². The van der Waals surface area contributed by atoms with Crippen LogP contribution in [0.2, 0.25) is 0 Å². The third-order valence-electron chi connectivity index (χ3n) is 4.05. The Kier molecular flexibility index (Phi) is 4.93. The molecular formula is C20H20N2O4. The minimum atomic E-state index is -0.266. The molecule has 0 radical (unpaired) electrons. The largest absolute Gasteiger partial charge is 0.493 e. The van der Waals surface area contributed by atoms with E-state index in [1.54, 1.807) is 25.3 Å². The molecule has 3 rings (SSSR count). The molecule has 0 saturated carbocycles. The molecule has 2 aromatic carbocycles. The van der Waals surface area contributed by atoms with E-state index in [2.05, 4.69) is 10.3 Å². The van der Waals surface area contributed by atoms with E-state index in [9.17, 15) is 4.79 Å². The number of ether oxygens (including phenoxy) is 3. The topological polar surface area (TPSA) is 69.2 Å². The fourth-order valence-corrected chi connectivity index (χ4v) is 2.70. The number of carbonyl (C=O) groups is 1. The second kappa shape index (κ2) is 7.31. The van der Waals surface area contributed by atoms with Gasteiger partial charge in [-0.15, -0.1) is 0 Å². The van der Waals surface area contributed by atoms with Gasteiger partial charge in [-0.1, -0.05) is 29.8 Å². The van der Waals surface area contributed by atoms with Crippen molar-refractivity contribution < 1.29 is 19.0 Å². The van der Waals surface area contributed by atoms with E-state index >= 15 is 0 Å². The Hall–Kier alpha value is -3.28. The summed E-state index contributed by atoms with van der Waals surface area (Å²) in [6, 6.07) is 11.3. The highest BCUT2D eigenvalue weighted by molar-refractivity contribution is 6.19. The molecule has 0 spiro atoms. The van der Waals surface area contributed by atoms with Gasteiger partial charge in [0.2, 0.25) is 5.75 Å². The van der Waals surface area contributed by atoms with E-state index in [4.69, 9.17) is 14.2 Å². The van der Waals surface area contributed by atoms with Crippen molar-refractivity contribution in [3.05, 3.63) is 58.8 Å². The molecule has 0 bridgehead atoms. The normalized spacial score (nSPS) is 14.8. The smallest absolute Gasteiger partial charge is 0.275 e. The standard InChI is InChI=1S/C20H20N2O4/c1-12-5-7-13(8-6-12)19-21-15(20(23)22-19)11-14-9-10-16(24-2)18(26-4)17(14)25-3/h5-11H,1-4H3,(H,21,22,23)/b15-11+. The van der Waals surface area contributed by atoms with E-state index in [0.29, 0.717) is 34.3 Å². The number of benzene rings is 2. The minimum absolute atomic E-state index is 0.266. The van der Waals surface area contributed by atoms with Crippen LogP contribution >= 0.6 is 0 Å². The molecule has 0 fully saturated rings. The molecule has 26 heavy (non-hydrogen) atoms. The summed E-state index contributed by atoms with van der Waals surface area (Å²) in [7, 11) is 4.63. The Morgan fingerprint density at radius 2 is 1.62 bits per heavy atom. The predicted molar refractivity (Wildman–Crippen MR) is 99.9 cm³/mol. The number of amidine groups is 1. The van der Waals surface area contributed by atoms with Crippen LogP contribution in [0.1, 0.15) is 16.7 Å². The van der Waals surface area contributed by atoms with Gasteiger partial charge in [0.15, 0.2) is 11.5 Å². The van der Waals surface area contributed by atoms with Gasteiger partial charge < -0.3 is 19.5 Å². The van der Waals surface area contributed by atoms with Gasteiger partial charge in [-0.3, -0.25) is 4.79 Å². The summed E-state index contributed by atoms with van der Waals surface area (Å²) < 4.78 is 16.1. The average Bonchev–Trinajstić information content (AvgIpc) is 3.02. The zero-order valence-corrected chi connectivity index (χ0v) is 15.1. The van der Waals surface area contributed by atoms with Crippen molar-refractivity contribution in [3.8, 4) is 17.2 Å². The van der Waals surface area contributed by atoms with Gasteiger partial charge in [-0.05, 0) is 25.1 Å². The molecule has 1 aliphatic heterocycles. The summed E-state index contributed by atoms with van der Waals surface area (Å²) in [6.07, 6.45) is 1.66. The molecule has 1 N–H and O–H groups in total. The van der Waals surface area contributed by atoms with Crippen molar-refractivity contribution in [2.75, 3.05) is 21.3 Å². The number of carbonyl (C=O) groups excluding carboxylic acids is 1. The first-order valence-corrected chi connectivity index (χ1v) is 8.05. The maximum absolute atomic E-state index is 12.3. The van der Waals surface area contributed by atoms with Crippen molar-refractivity contribution in [2.45, 2.75) is 6.92 Å². The van der Waals surface area contributed by atoms with Gasteiger partial charge in [0.05, 0.1) is 21.3 Å². The third-order valence-corrected chi connectivity index (χ3v) is 4.05. The van der Waals surface area contributed by atoms with Crippen LogP contribution in [0.15, 0.2) is 47.1 Å². The van der Waals surface area contributed by atoms with Crippen LogP contribution in [-0.2, 0) is 4.79 Å². The van der Waals surface area contributed by atoms with Crippen LogP contribution in [0, 0.1) is 6.92 Å². The van der Waals surface area contributed by atoms with Crippen molar-refractivity contribution in [2.24, 2.45) is 4.99 Å². The first kappa shape index (κ1) is 17.5. The molecule has 6 heteroatoms. The lowest BCUT2D eigenvalue weighted by molar-refractivity contribution is -0.115. The zero-order valence-electron chi connectivity index (χ0n) is 15.1. The number of hydrogen-bond donors (Lipinski definition) is 1. The Balaban J connectivity index is 2.02. The van der Waals surface area contributed by atoms with Crippen molar-refractivity contribution >= 4 is 17.8 Å². The van der Waals surface area contributed by atoms with Crippen molar-refractivity contribution in [3.63, 3.8) is 0 Å². The number of rotatable bonds is 5. The molecule has 6 nitrogen and oxygen atoms in total. The maximum atomic E-state index is 12.3. The van der Waals surface area contributed by atoms with E-state index < -0.39 is 0 Å². The van der Waals surface area contributed by atoms with E-state index in [1.165, 1.54) is 14.2 Å². The van der Waals surface area contributed by atoms with Gasteiger partial charge in [-0.2, -0.15) is 0 Å². The highest BCUT2D eigenvalue weighted by atomic mass is 16.5. The molecule has 0 aliphatic carbocycles. The Morgan fingerprint density at radius 1 is 0.923 bits per heavy atom. The number of hydrogen-bond acceptors (Lipinski definition) is 5. The Bertz CT molecular complexity index is 899. The Labute approximate surface area is 152 Å². The molecule has 2 aromatic rings. The van der Waals surface area contributed by atoms with Gasteiger partial charge >= 0.3 is 0 Å². The first-order chi connectivity index (χ1) is 12.6. The highest BCUT2D eigenvalue weighted by Gasteiger charge is 2.23. The molecule has 1 heterocycles. The average molecular weight is 352 g/mol. The highest BCUT2D eigenvalue weighted by Crippen LogP contribution is 2.40. The van der Waals surface area contributed by atoms with Crippen LogP contribution in [-0.4, -0.2) is 33.1 Å². The number of nitrogens with zero attached hydrogens (tertiary/aromatic N) is 1. The lowest BCUT2D eigenvalue weighted by atomic mass is 10.1. The summed E-state index contributed by atoms with van der Waals surface area (Å²) in [4.78, 5) is 16.7. The molecule has 0 saturated heterocycles. The molecule has 134 valence electrons. The second-order valence-corrected chi connectivity index (χ2v) is 5.73. The first-order valence-electron chi connectivity index (χ1n) is 8.05. The van der Waals surface area contributed by atoms with Crippen LogP contribution in [0.25, 0.3) is 6.08 Å². The minimum Gasteiger partial charge on any atom is -0.493 e. The lowest BCUT2D eigenvalue weighted by Gasteiger charge is -2.14. The van der Waals surface area contributed by atoms with Crippen LogP contribution in [0.5, 0.6) is 17.2 Å². The predicted octanol–water partition coefficient (Wildman–Crippen LogP) is 2.94. The van der Waals surface area contributed by atoms with E-state index in [1.807, 2.05) is 31.2 Å². The summed E-state index contributed by atoms with van der Waals surface area (Å²) in [5, 5.41) is 2.79. The number of methoxy groups -OCH3 is 3. The fourth-order valence-electron chi connectivity index (χ4n) is 2.70. The number of aliphatic imine (C=N–C) groups is 1. The van der Waals surface area contributed by atoms with E-state index in [-0.39, 0.29) is 5.91 Å². The fraction of sp³-hybridized carbons (Fsp3) is 0.200. The van der Waals surface area contributed by atoms with Crippen molar-refractivity contribution in [1.82, 2.24) is 5.32 Å². The van der Waals surface area contributed by atoms with Gasteiger partial charge in [0, 0.05) is 11.1 Å². The number of amides is 1. The summed E-state index contributed by atoms with van der Waals surface area (Å²) in [5.41, 5.74) is 2.96. The quantitative estimate of drug-likeness (QED) is 0.840. The molecule has 0 aromatic heterocycles. The van der Waals surface area contributed by atoms with Crippen LogP contribution in [0.3, 0.4) is 0 Å². The molecule has 0 unspecified atom stereocenters. The summed E-state index contributed by atoms with van der Waals surface area (Å²) in [6.45, 7) is 2.01. The van der Waals surface area contributed by atoms with Gasteiger partial charge in [0.1, 0.15) is 11.5 Å². The lowest BCUT2D eigenvalue weighted by Crippen LogP contribution is -2.24. The second-order valence-electron chi connectivity index (χ2n) is 5.73. The van der Waals surface area contributed by atoms with Crippen molar-refractivity contribution in [1.29, 1.82) is 0 Å². The Morgan fingerprint density at radius 3 is 2.23 bits per heavy atom. The zero-order chi connectivity index (χ0) is 18.7. The summed E-state index contributed by atoms with van der Waals surface area (Å²) in [5.74, 6) is 1.75. The number of nitrogens with one attached hydrogen (secondary N) is 1. The summed E-state index contributed by atoms with van der Waals surface area (Å²) >= 11 is 0.